The molecule has 0 fully saturated rings. The smallest absolute Gasteiger partial charge is 0.223 e. The first-order chi connectivity index (χ1) is 8.49. The maximum absolute atomic E-state index is 13.2. The quantitative estimate of drug-likeness (QED) is 0.681. The monoisotopic (exact) mass is 261 g/mol. The van der Waals surface area contributed by atoms with Crippen molar-refractivity contribution in [2.75, 3.05) is 5.32 Å². The molecule has 0 aliphatic rings. The van der Waals surface area contributed by atoms with Gasteiger partial charge in [-0.25, -0.2) is 17.6 Å². The van der Waals surface area contributed by atoms with Gasteiger partial charge in [-0.1, -0.05) is 5.16 Å². The maximum atomic E-state index is 13.2. The average molecular weight is 261 g/mol. The van der Waals surface area contributed by atoms with Crippen LogP contribution in [0, 0.1) is 30.2 Å². The Morgan fingerprint density at radius 2 is 1.78 bits per heavy atom. The van der Waals surface area contributed by atoms with E-state index in [9.17, 15) is 17.6 Å². The number of anilines is 1. The third-order valence-electron chi connectivity index (χ3n) is 2.10. The molecular weight excluding hydrogens is 254 g/mol. The summed E-state index contributed by atoms with van der Waals surface area (Å²) in [4.78, 5) is 3.76. The molecule has 96 valence electrons. The van der Waals surface area contributed by atoms with Crippen LogP contribution in [0.15, 0.2) is 10.6 Å². The Bertz CT molecular complexity index is 558. The van der Waals surface area contributed by atoms with Crippen molar-refractivity contribution in [1.82, 2.24) is 10.1 Å². The van der Waals surface area contributed by atoms with Crippen molar-refractivity contribution in [2.24, 2.45) is 0 Å². The van der Waals surface area contributed by atoms with Gasteiger partial charge in [-0.3, -0.25) is 0 Å². The molecule has 1 aromatic carbocycles. The lowest BCUT2D eigenvalue weighted by Gasteiger charge is -2.07. The second kappa shape index (κ2) is 4.63. The van der Waals surface area contributed by atoms with E-state index in [1.54, 1.807) is 0 Å². The summed E-state index contributed by atoms with van der Waals surface area (Å²) in [6.07, 6.45) is 0. The number of rotatable bonds is 3. The fourth-order valence-corrected chi connectivity index (χ4v) is 1.31. The van der Waals surface area contributed by atoms with Crippen LogP contribution in [0.3, 0.4) is 0 Å². The zero-order valence-corrected chi connectivity index (χ0v) is 9.10. The lowest BCUT2D eigenvalue weighted by atomic mass is 10.2. The molecule has 1 aromatic heterocycles. The first kappa shape index (κ1) is 12.3. The van der Waals surface area contributed by atoms with E-state index in [0.29, 0.717) is 0 Å². The summed E-state index contributed by atoms with van der Waals surface area (Å²) >= 11 is 0. The molecule has 8 heteroatoms. The molecule has 0 aliphatic carbocycles. The number of nitrogens with zero attached hydrogens (tertiary/aromatic N) is 2. The molecule has 0 aliphatic heterocycles. The summed E-state index contributed by atoms with van der Waals surface area (Å²) in [5.74, 6) is -5.61. The summed E-state index contributed by atoms with van der Waals surface area (Å²) in [6, 6.07) is 0.133. The van der Waals surface area contributed by atoms with Crippen LogP contribution in [0.25, 0.3) is 0 Å². The molecule has 0 saturated heterocycles. The summed E-state index contributed by atoms with van der Waals surface area (Å²) in [5.41, 5.74) is -0.907. The van der Waals surface area contributed by atoms with Crippen LogP contribution in [-0.2, 0) is 6.54 Å². The number of hydrogen-bond acceptors (Lipinski definition) is 4. The predicted octanol–water partition coefficient (Wildman–Crippen LogP) is 2.55. The van der Waals surface area contributed by atoms with E-state index < -0.39 is 29.0 Å². The van der Waals surface area contributed by atoms with Gasteiger partial charge in [-0.05, 0) is 0 Å². The minimum Gasteiger partial charge on any atom is -0.373 e. The Morgan fingerprint density at radius 3 is 2.28 bits per heavy atom. The molecule has 2 aromatic rings. The average Bonchev–Trinajstić information content (AvgIpc) is 2.73. The molecular formula is C10H7F4N3O. The Kier molecular flexibility index (Phi) is 3.17. The Morgan fingerprint density at radius 1 is 1.17 bits per heavy atom. The van der Waals surface area contributed by atoms with Gasteiger partial charge in [0.2, 0.25) is 5.89 Å². The Labute approximate surface area is 98.6 Å². The van der Waals surface area contributed by atoms with E-state index in [-0.39, 0.29) is 24.3 Å². The van der Waals surface area contributed by atoms with Crippen LogP contribution < -0.4 is 5.32 Å². The van der Waals surface area contributed by atoms with E-state index in [0.717, 1.165) is 0 Å². The third kappa shape index (κ3) is 2.27. The highest BCUT2D eigenvalue weighted by molar-refractivity contribution is 5.47. The highest BCUT2D eigenvalue weighted by Crippen LogP contribution is 2.24. The van der Waals surface area contributed by atoms with E-state index in [2.05, 4.69) is 20.0 Å². The van der Waals surface area contributed by atoms with Gasteiger partial charge in [-0.15, -0.1) is 0 Å². The zero-order valence-electron chi connectivity index (χ0n) is 9.10. The second-order valence-corrected chi connectivity index (χ2v) is 3.43. The van der Waals surface area contributed by atoms with Crippen molar-refractivity contribution in [3.63, 3.8) is 0 Å². The second-order valence-electron chi connectivity index (χ2n) is 3.43. The van der Waals surface area contributed by atoms with Crippen molar-refractivity contribution in [2.45, 2.75) is 13.5 Å². The van der Waals surface area contributed by atoms with Crippen molar-refractivity contribution in [3.8, 4) is 0 Å². The third-order valence-corrected chi connectivity index (χ3v) is 2.10. The number of aromatic nitrogens is 2. The van der Waals surface area contributed by atoms with E-state index in [4.69, 9.17) is 0 Å². The van der Waals surface area contributed by atoms with Gasteiger partial charge in [-0.2, -0.15) is 4.98 Å². The molecule has 4 nitrogen and oxygen atoms in total. The van der Waals surface area contributed by atoms with Gasteiger partial charge in [0.1, 0.15) is 5.69 Å². The van der Waals surface area contributed by atoms with Gasteiger partial charge < -0.3 is 9.84 Å². The first-order valence-electron chi connectivity index (χ1n) is 4.85. The molecule has 1 N–H and O–H groups in total. The molecule has 18 heavy (non-hydrogen) atoms. The Hall–Kier alpha value is -2.12. The number of halogens is 4. The molecule has 0 spiro atoms. The SMILES string of the molecule is Cc1nc(CNc2c(F)c(F)cc(F)c2F)no1. The van der Waals surface area contributed by atoms with Crippen molar-refractivity contribution >= 4 is 5.69 Å². The lowest BCUT2D eigenvalue weighted by molar-refractivity contribution is 0.388. The molecule has 0 bridgehead atoms. The molecule has 0 unspecified atom stereocenters. The molecule has 1 heterocycles. The van der Waals surface area contributed by atoms with Crippen LogP contribution in [0.2, 0.25) is 0 Å². The van der Waals surface area contributed by atoms with Gasteiger partial charge in [0.15, 0.2) is 29.1 Å². The summed E-state index contributed by atoms with van der Waals surface area (Å²) in [5, 5.41) is 5.63. The fraction of sp³-hybridized carbons (Fsp3) is 0.200. The molecule has 2 rings (SSSR count). The van der Waals surface area contributed by atoms with Crippen LogP contribution in [-0.4, -0.2) is 10.1 Å². The predicted molar refractivity (Wildman–Crippen MR) is 52.6 cm³/mol. The zero-order chi connectivity index (χ0) is 13.3. The van der Waals surface area contributed by atoms with E-state index in [1.165, 1.54) is 6.92 Å². The summed E-state index contributed by atoms with van der Waals surface area (Å²) in [6.45, 7) is 1.30. The fourth-order valence-electron chi connectivity index (χ4n) is 1.31. The molecule has 0 radical (unpaired) electrons. The molecule has 0 saturated carbocycles. The lowest BCUT2D eigenvalue weighted by Crippen LogP contribution is -2.08. The Balaban J connectivity index is 2.24. The van der Waals surface area contributed by atoms with Crippen molar-refractivity contribution < 1.29 is 22.1 Å². The van der Waals surface area contributed by atoms with E-state index >= 15 is 0 Å². The molecule has 0 atom stereocenters. The highest BCUT2D eigenvalue weighted by atomic mass is 19.2. The van der Waals surface area contributed by atoms with E-state index in [1.807, 2.05) is 0 Å². The minimum absolute atomic E-state index is 0.107. The highest BCUT2D eigenvalue weighted by Gasteiger charge is 2.19. The van der Waals surface area contributed by atoms with Crippen molar-refractivity contribution in [1.29, 1.82) is 0 Å². The first-order valence-corrected chi connectivity index (χ1v) is 4.85. The normalized spacial score (nSPS) is 10.7. The molecule has 0 amide bonds. The minimum atomic E-state index is -1.51. The number of nitrogens with one attached hydrogen (secondary N) is 1. The maximum Gasteiger partial charge on any atom is 0.223 e. The summed E-state index contributed by atoms with van der Waals surface area (Å²) in [7, 11) is 0. The van der Waals surface area contributed by atoms with Crippen LogP contribution in [0.5, 0.6) is 0 Å². The largest absolute Gasteiger partial charge is 0.373 e. The van der Waals surface area contributed by atoms with Gasteiger partial charge in [0, 0.05) is 13.0 Å². The van der Waals surface area contributed by atoms with Crippen LogP contribution in [0.4, 0.5) is 23.2 Å². The number of hydrogen-bond donors (Lipinski definition) is 1. The number of aryl methyl sites for hydroxylation is 1. The van der Waals surface area contributed by atoms with Gasteiger partial charge in [0.05, 0.1) is 6.54 Å². The standard InChI is InChI=1S/C10H7F4N3O/c1-4-16-7(17-18-4)3-15-10-8(13)5(11)2-6(12)9(10)14/h2,15H,3H2,1H3. The summed E-state index contributed by atoms with van der Waals surface area (Å²) < 4.78 is 56.9. The van der Waals surface area contributed by atoms with Crippen LogP contribution >= 0.6 is 0 Å². The van der Waals surface area contributed by atoms with Crippen molar-refractivity contribution in [3.05, 3.63) is 41.1 Å². The van der Waals surface area contributed by atoms with Crippen LogP contribution in [0.1, 0.15) is 11.7 Å². The van der Waals surface area contributed by atoms with Gasteiger partial charge >= 0.3 is 0 Å². The van der Waals surface area contributed by atoms with Gasteiger partial charge in [0.25, 0.3) is 0 Å². The topological polar surface area (TPSA) is 51.0 Å². The number of benzene rings is 1.